The average Bonchev–Trinajstić information content (AvgIpc) is 2.88. The Morgan fingerprint density at radius 1 is 1.50 bits per heavy atom. The SMILES string of the molecule is N#CC1CCCN1C(=O)c1cc(Cl)c(Cl)c([N+](=O)[O-])c1. The first-order valence-corrected chi connectivity index (χ1v) is 6.55. The normalized spacial score (nSPS) is 17.9. The lowest BCUT2D eigenvalue weighted by Gasteiger charge is -2.19. The maximum atomic E-state index is 12.3. The van der Waals surface area contributed by atoms with Crippen molar-refractivity contribution in [3.05, 3.63) is 37.9 Å². The Morgan fingerprint density at radius 3 is 2.80 bits per heavy atom. The van der Waals surface area contributed by atoms with E-state index in [2.05, 4.69) is 0 Å². The van der Waals surface area contributed by atoms with Crippen LogP contribution in [0.4, 0.5) is 5.69 Å². The fraction of sp³-hybridized carbons (Fsp3) is 0.333. The zero-order chi connectivity index (χ0) is 14.9. The first kappa shape index (κ1) is 14.6. The summed E-state index contributed by atoms with van der Waals surface area (Å²) in [6.45, 7) is 0.450. The number of halogens is 2. The van der Waals surface area contributed by atoms with Crippen LogP contribution < -0.4 is 0 Å². The van der Waals surface area contributed by atoms with E-state index in [-0.39, 0.29) is 15.6 Å². The van der Waals surface area contributed by atoms with Gasteiger partial charge in [0.05, 0.1) is 16.0 Å². The Kier molecular flexibility index (Phi) is 4.12. The summed E-state index contributed by atoms with van der Waals surface area (Å²) in [5.41, 5.74) is -0.358. The molecule has 6 nitrogen and oxygen atoms in total. The number of carbonyl (C=O) groups is 1. The van der Waals surface area contributed by atoms with Crippen molar-refractivity contribution < 1.29 is 9.72 Å². The highest BCUT2D eigenvalue weighted by Gasteiger charge is 2.31. The second-order valence-electron chi connectivity index (χ2n) is 4.33. The van der Waals surface area contributed by atoms with Crippen LogP contribution in [0.1, 0.15) is 23.2 Å². The summed E-state index contributed by atoms with van der Waals surface area (Å²) >= 11 is 11.5. The van der Waals surface area contributed by atoms with Crippen LogP contribution >= 0.6 is 23.2 Å². The lowest BCUT2D eigenvalue weighted by Crippen LogP contribution is -2.34. The molecule has 104 valence electrons. The summed E-state index contributed by atoms with van der Waals surface area (Å²) in [5, 5.41) is 19.6. The molecule has 8 heteroatoms. The van der Waals surface area contributed by atoms with Gasteiger partial charge in [-0.15, -0.1) is 0 Å². The molecule has 0 spiro atoms. The third kappa shape index (κ3) is 2.55. The van der Waals surface area contributed by atoms with Crippen molar-refractivity contribution in [1.82, 2.24) is 4.90 Å². The van der Waals surface area contributed by atoms with Crippen LogP contribution in [0.2, 0.25) is 10.0 Å². The summed E-state index contributed by atoms with van der Waals surface area (Å²) in [6, 6.07) is 3.91. The van der Waals surface area contributed by atoms with Crippen molar-refractivity contribution in [2.24, 2.45) is 0 Å². The number of amides is 1. The number of nitro groups is 1. The summed E-state index contributed by atoms with van der Waals surface area (Å²) in [6.07, 6.45) is 1.33. The second-order valence-corrected chi connectivity index (χ2v) is 5.12. The Labute approximate surface area is 124 Å². The molecule has 1 aliphatic rings. The molecule has 1 amide bonds. The molecule has 0 radical (unpaired) electrons. The lowest BCUT2D eigenvalue weighted by molar-refractivity contribution is -0.384. The lowest BCUT2D eigenvalue weighted by atomic mass is 10.1. The topological polar surface area (TPSA) is 87.2 Å². The van der Waals surface area contributed by atoms with Crippen LogP contribution in [-0.2, 0) is 0 Å². The smallest absolute Gasteiger partial charge is 0.290 e. The Bertz CT molecular complexity index is 627. The number of nitrogens with zero attached hydrogens (tertiary/aromatic N) is 3. The van der Waals surface area contributed by atoms with E-state index in [0.29, 0.717) is 13.0 Å². The number of nitro benzene ring substituents is 1. The van der Waals surface area contributed by atoms with Crippen molar-refractivity contribution in [1.29, 1.82) is 5.26 Å². The molecule has 2 rings (SSSR count). The molecule has 1 aliphatic heterocycles. The fourth-order valence-electron chi connectivity index (χ4n) is 2.14. The Balaban J connectivity index is 2.41. The van der Waals surface area contributed by atoms with Gasteiger partial charge in [-0.2, -0.15) is 5.26 Å². The number of hydrogen-bond donors (Lipinski definition) is 0. The van der Waals surface area contributed by atoms with Crippen molar-refractivity contribution in [3.63, 3.8) is 0 Å². The van der Waals surface area contributed by atoms with Crippen LogP contribution in [0.5, 0.6) is 0 Å². The predicted molar refractivity (Wildman–Crippen MR) is 72.8 cm³/mol. The number of rotatable bonds is 2. The van der Waals surface area contributed by atoms with Gasteiger partial charge < -0.3 is 4.90 Å². The van der Waals surface area contributed by atoms with Crippen LogP contribution in [-0.4, -0.2) is 28.3 Å². The molecule has 0 N–H and O–H groups in total. The quantitative estimate of drug-likeness (QED) is 0.620. The maximum Gasteiger partial charge on any atom is 0.290 e. The zero-order valence-electron chi connectivity index (χ0n) is 10.2. The van der Waals surface area contributed by atoms with Crippen LogP contribution in [0.15, 0.2) is 12.1 Å². The molecule has 1 aromatic carbocycles. The number of likely N-dealkylation sites (tertiary alicyclic amines) is 1. The first-order chi connectivity index (χ1) is 9.45. The summed E-state index contributed by atoms with van der Waals surface area (Å²) in [7, 11) is 0. The summed E-state index contributed by atoms with van der Waals surface area (Å²) in [4.78, 5) is 23.9. The third-order valence-corrected chi connectivity index (χ3v) is 3.91. The second kappa shape index (κ2) is 5.65. The van der Waals surface area contributed by atoms with E-state index in [1.807, 2.05) is 6.07 Å². The average molecular weight is 314 g/mol. The van der Waals surface area contributed by atoms with E-state index in [1.54, 1.807) is 0 Å². The van der Waals surface area contributed by atoms with Gasteiger partial charge in [0.15, 0.2) is 0 Å². The van der Waals surface area contributed by atoms with Gasteiger partial charge in [0.25, 0.3) is 11.6 Å². The monoisotopic (exact) mass is 313 g/mol. The van der Waals surface area contributed by atoms with Crippen molar-refractivity contribution in [2.75, 3.05) is 6.54 Å². The van der Waals surface area contributed by atoms with E-state index in [9.17, 15) is 14.9 Å². The molecule has 1 aromatic rings. The number of benzene rings is 1. The minimum Gasteiger partial charge on any atom is -0.323 e. The van der Waals surface area contributed by atoms with E-state index >= 15 is 0 Å². The molecule has 20 heavy (non-hydrogen) atoms. The molecule has 0 aliphatic carbocycles. The highest BCUT2D eigenvalue weighted by molar-refractivity contribution is 6.43. The van der Waals surface area contributed by atoms with Gasteiger partial charge in [0.2, 0.25) is 0 Å². The highest BCUT2D eigenvalue weighted by Crippen LogP contribution is 2.34. The molecule has 0 bridgehead atoms. The standard InChI is InChI=1S/C12H9Cl2N3O3/c13-9-4-7(5-10(11(9)14)17(19)20)12(18)16-3-1-2-8(16)6-15/h4-5,8H,1-3H2. The van der Waals surface area contributed by atoms with Crippen molar-refractivity contribution in [2.45, 2.75) is 18.9 Å². The molecule has 1 saturated heterocycles. The van der Waals surface area contributed by atoms with Crippen molar-refractivity contribution >= 4 is 34.8 Å². The molecule has 1 heterocycles. The molecular formula is C12H9Cl2N3O3. The van der Waals surface area contributed by atoms with Gasteiger partial charge in [-0.25, -0.2) is 0 Å². The number of hydrogen-bond acceptors (Lipinski definition) is 4. The van der Waals surface area contributed by atoms with Gasteiger partial charge in [-0.3, -0.25) is 14.9 Å². The van der Waals surface area contributed by atoms with Crippen molar-refractivity contribution in [3.8, 4) is 6.07 Å². The van der Waals surface area contributed by atoms with Crippen LogP contribution in [0.25, 0.3) is 0 Å². The van der Waals surface area contributed by atoms with Gasteiger partial charge in [0, 0.05) is 18.2 Å². The minimum absolute atomic E-state index is 0.0584. The van der Waals surface area contributed by atoms with E-state index in [4.69, 9.17) is 28.5 Å². The molecule has 1 unspecified atom stereocenters. The van der Waals surface area contributed by atoms with E-state index in [0.717, 1.165) is 12.5 Å². The molecular weight excluding hydrogens is 305 g/mol. The van der Waals surface area contributed by atoms with E-state index < -0.39 is 22.6 Å². The molecule has 1 fully saturated rings. The third-order valence-electron chi connectivity index (χ3n) is 3.12. The fourth-order valence-corrected chi connectivity index (χ4v) is 2.53. The predicted octanol–water partition coefficient (Wildman–Crippen LogP) is 3.03. The van der Waals surface area contributed by atoms with Gasteiger partial charge >= 0.3 is 0 Å². The van der Waals surface area contributed by atoms with Gasteiger partial charge in [-0.05, 0) is 18.9 Å². The minimum atomic E-state index is -0.698. The largest absolute Gasteiger partial charge is 0.323 e. The number of carbonyl (C=O) groups excluding carboxylic acids is 1. The summed E-state index contributed by atoms with van der Waals surface area (Å²) < 4.78 is 0. The Morgan fingerprint density at radius 2 is 2.20 bits per heavy atom. The molecule has 0 saturated carbocycles. The van der Waals surface area contributed by atoms with Gasteiger partial charge in [0.1, 0.15) is 11.1 Å². The van der Waals surface area contributed by atoms with Crippen LogP contribution in [0.3, 0.4) is 0 Å². The first-order valence-electron chi connectivity index (χ1n) is 5.79. The highest BCUT2D eigenvalue weighted by atomic mass is 35.5. The summed E-state index contributed by atoms with van der Waals surface area (Å²) in [5.74, 6) is -0.448. The molecule has 0 aromatic heterocycles. The maximum absolute atomic E-state index is 12.3. The zero-order valence-corrected chi connectivity index (χ0v) is 11.7. The van der Waals surface area contributed by atoms with Gasteiger partial charge in [-0.1, -0.05) is 23.2 Å². The molecule has 1 atom stereocenters. The van der Waals surface area contributed by atoms with E-state index in [1.165, 1.54) is 11.0 Å². The Hall–Kier alpha value is -1.84. The van der Waals surface area contributed by atoms with Crippen LogP contribution in [0, 0.1) is 21.4 Å². The number of nitriles is 1.